The molecule has 0 N–H and O–H groups in total. The molecule has 0 radical (unpaired) electrons. The Labute approximate surface area is 89.4 Å². The number of ether oxygens (including phenoxy) is 1. The van der Waals surface area contributed by atoms with Gasteiger partial charge in [-0.3, -0.25) is 4.79 Å². The molecule has 2 heterocycles. The highest BCUT2D eigenvalue weighted by atomic mass is 16.5. The molecule has 0 aromatic carbocycles. The van der Waals surface area contributed by atoms with Crippen molar-refractivity contribution >= 4 is 5.78 Å². The summed E-state index contributed by atoms with van der Waals surface area (Å²) in [6, 6.07) is 3.62. The summed E-state index contributed by atoms with van der Waals surface area (Å²) in [5.74, 6) is 1.40. The Morgan fingerprint density at radius 1 is 1.53 bits per heavy atom. The van der Waals surface area contributed by atoms with Crippen LogP contribution in [0.25, 0.3) is 0 Å². The van der Waals surface area contributed by atoms with Crippen molar-refractivity contribution < 1.29 is 13.9 Å². The van der Waals surface area contributed by atoms with Gasteiger partial charge in [0.25, 0.3) is 0 Å². The van der Waals surface area contributed by atoms with Crippen LogP contribution in [0.5, 0.6) is 0 Å². The van der Waals surface area contributed by atoms with Gasteiger partial charge in [0, 0.05) is 19.4 Å². The van der Waals surface area contributed by atoms with Gasteiger partial charge in [0.2, 0.25) is 5.78 Å². The molecule has 0 bridgehead atoms. The SMILES string of the molecule is CCc1ccc(C(=O)CC2CCCO2)o1. The lowest BCUT2D eigenvalue weighted by Gasteiger charge is -2.05. The predicted octanol–water partition coefficient (Wildman–Crippen LogP) is 2.59. The van der Waals surface area contributed by atoms with Gasteiger partial charge in [0.1, 0.15) is 5.76 Å². The van der Waals surface area contributed by atoms with Gasteiger partial charge in [0.05, 0.1) is 6.10 Å². The normalized spacial score (nSPS) is 20.7. The maximum absolute atomic E-state index is 11.8. The lowest BCUT2D eigenvalue weighted by Crippen LogP contribution is -2.11. The summed E-state index contributed by atoms with van der Waals surface area (Å²) in [7, 11) is 0. The number of hydrogen-bond acceptors (Lipinski definition) is 3. The van der Waals surface area contributed by atoms with Crippen molar-refractivity contribution in [2.75, 3.05) is 6.61 Å². The highest BCUT2D eigenvalue weighted by molar-refractivity contribution is 5.93. The van der Waals surface area contributed by atoms with Crippen LogP contribution in [-0.4, -0.2) is 18.5 Å². The smallest absolute Gasteiger partial charge is 0.200 e. The van der Waals surface area contributed by atoms with Gasteiger partial charge in [-0.25, -0.2) is 0 Å². The first-order chi connectivity index (χ1) is 7.29. The molecule has 0 spiro atoms. The average molecular weight is 208 g/mol. The average Bonchev–Trinajstić information content (AvgIpc) is 2.86. The van der Waals surface area contributed by atoms with Gasteiger partial charge < -0.3 is 9.15 Å². The van der Waals surface area contributed by atoms with Gasteiger partial charge in [-0.15, -0.1) is 0 Å². The summed E-state index contributed by atoms with van der Waals surface area (Å²) in [4.78, 5) is 11.8. The number of Topliss-reactive ketones (excluding diaryl/α,β-unsaturated/α-hetero) is 1. The molecule has 1 fully saturated rings. The second-order valence-electron chi connectivity index (χ2n) is 3.88. The van der Waals surface area contributed by atoms with Crippen molar-refractivity contribution in [2.45, 2.75) is 38.7 Å². The largest absolute Gasteiger partial charge is 0.458 e. The molecule has 3 nitrogen and oxygen atoms in total. The summed E-state index contributed by atoms with van der Waals surface area (Å²) in [5.41, 5.74) is 0. The Morgan fingerprint density at radius 3 is 3.00 bits per heavy atom. The highest BCUT2D eigenvalue weighted by Crippen LogP contribution is 2.19. The molecular weight excluding hydrogens is 192 g/mol. The van der Waals surface area contributed by atoms with E-state index < -0.39 is 0 Å². The van der Waals surface area contributed by atoms with E-state index in [0.29, 0.717) is 12.2 Å². The summed E-state index contributed by atoms with van der Waals surface area (Å²) < 4.78 is 10.8. The van der Waals surface area contributed by atoms with E-state index in [1.165, 1.54) is 0 Å². The quantitative estimate of drug-likeness (QED) is 0.714. The molecule has 0 aliphatic carbocycles. The maximum Gasteiger partial charge on any atom is 0.200 e. The van der Waals surface area contributed by atoms with Gasteiger partial charge in [-0.1, -0.05) is 6.92 Å². The standard InChI is InChI=1S/C12H16O3/c1-2-9-5-6-12(15-9)11(13)8-10-4-3-7-14-10/h5-6,10H,2-4,7-8H2,1H3. The molecule has 15 heavy (non-hydrogen) atoms. The third kappa shape index (κ3) is 2.48. The number of carbonyl (C=O) groups excluding carboxylic acids is 1. The van der Waals surface area contributed by atoms with Crippen LogP contribution in [0, 0.1) is 0 Å². The van der Waals surface area contributed by atoms with Crippen molar-refractivity contribution in [1.29, 1.82) is 0 Å². The number of carbonyl (C=O) groups is 1. The maximum atomic E-state index is 11.8. The van der Waals surface area contributed by atoms with Crippen LogP contribution >= 0.6 is 0 Å². The minimum Gasteiger partial charge on any atom is -0.458 e. The first-order valence-corrected chi connectivity index (χ1v) is 5.53. The summed E-state index contributed by atoms with van der Waals surface area (Å²) in [6.07, 6.45) is 3.44. The van der Waals surface area contributed by atoms with E-state index in [-0.39, 0.29) is 11.9 Å². The van der Waals surface area contributed by atoms with Gasteiger partial charge in [0.15, 0.2) is 5.76 Å². The van der Waals surface area contributed by atoms with Gasteiger partial charge in [-0.05, 0) is 25.0 Å². The Hall–Kier alpha value is -1.09. The molecule has 1 aromatic rings. The second kappa shape index (κ2) is 4.62. The van der Waals surface area contributed by atoms with Crippen LogP contribution in [0.15, 0.2) is 16.5 Å². The third-order valence-electron chi connectivity index (χ3n) is 2.72. The zero-order chi connectivity index (χ0) is 10.7. The van der Waals surface area contributed by atoms with Gasteiger partial charge in [-0.2, -0.15) is 0 Å². The Bertz CT molecular complexity index is 334. The van der Waals surface area contributed by atoms with Crippen LogP contribution < -0.4 is 0 Å². The molecule has 0 saturated carbocycles. The molecule has 82 valence electrons. The van der Waals surface area contributed by atoms with E-state index in [0.717, 1.165) is 31.6 Å². The van der Waals surface area contributed by atoms with E-state index >= 15 is 0 Å². The van der Waals surface area contributed by atoms with Crippen LogP contribution in [-0.2, 0) is 11.2 Å². The molecule has 1 aromatic heterocycles. The van der Waals surface area contributed by atoms with Crippen molar-refractivity contribution in [1.82, 2.24) is 0 Å². The zero-order valence-electron chi connectivity index (χ0n) is 8.99. The molecule has 1 atom stereocenters. The number of rotatable bonds is 4. The summed E-state index contributed by atoms with van der Waals surface area (Å²) >= 11 is 0. The first kappa shape index (κ1) is 10.4. The molecule has 1 saturated heterocycles. The van der Waals surface area contributed by atoms with Crippen LogP contribution in [0.2, 0.25) is 0 Å². The molecule has 3 heteroatoms. The van der Waals surface area contributed by atoms with Crippen LogP contribution in [0.1, 0.15) is 42.5 Å². The number of hydrogen-bond donors (Lipinski definition) is 0. The van der Waals surface area contributed by atoms with Crippen LogP contribution in [0.3, 0.4) is 0 Å². The van der Waals surface area contributed by atoms with E-state index in [4.69, 9.17) is 9.15 Å². The van der Waals surface area contributed by atoms with Crippen molar-refractivity contribution in [3.8, 4) is 0 Å². The van der Waals surface area contributed by atoms with Gasteiger partial charge >= 0.3 is 0 Å². The fourth-order valence-electron chi connectivity index (χ4n) is 1.83. The molecule has 1 unspecified atom stereocenters. The van der Waals surface area contributed by atoms with Crippen molar-refractivity contribution in [2.24, 2.45) is 0 Å². The van der Waals surface area contributed by atoms with Crippen molar-refractivity contribution in [3.05, 3.63) is 23.7 Å². The Morgan fingerprint density at radius 2 is 2.40 bits per heavy atom. The van der Waals surface area contributed by atoms with Crippen molar-refractivity contribution in [3.63, 3.8) is 0 Å². The fourth-order valence-corrected chi connectivity index (χ4v) is 1.83. The minimum atomic E-state index is 0.0570. The molecular formula is C12H16O3. The lowest BCUT2D eigenvalue weighted by molar-refractivity contribution is 0.0752. The minimum absolute atomic E-state index is 0.0570. The predicted molar refractivity (Wildman–Crippen MR) is 56.0 cm³/mol. The number of aryl methyl sites for hydroxylation is 1. The molecule has 0 amide bonds. The molecule has 2 rings (SSSR count). The zero-order valence-corrected chi connectivity index (χ0v) is 8.99. The third-order valence-corrected chi connectivity index (χ3v) is 2.72. The fraction of sp³-hybridized carbons (Fsp3) is 0.583. The van der Waals surface area contributed by atoms with E-state index in [1.807, 2.05) is 13.0 Å². The Kier molecular flexibility index (Phi) is 3.21. The second-order valence-corrected chi connectivity index (χ2v) is 3.88. The summed E-state index contributed by atoms with van der Waals surface area (Å²) in [6.45, 7) is 2.80. The number of furan rings is 1. The molecule has 1 aliphatic rings. The lowest BCUT2D eigenvalue weighted by atomic mass is 10.1. The highest BCUT2D eigenvalue weighted by Gasteiger charge is 2.21. The monoisotopic (exact) mass is 208 g/mol. The number of ketones is 1. The molecule has 1 aliphatic heterocycles. The van der Waals surface area contributed by atoms with E-state index in [9.17, 15) is 4.79 Å². The van der Waals surface area contributed by atoms with E-state index in [2.05, 4.69) is 0 Å². The topological polar surface area (TPSA) is 39.4 Å². The first-order valence-electron chi connectivity index (χ1n) is 5.53. The van der Waals surface area contributed by atoms with E-state index in [1.54, 1.807) is 6.07 Å². The van der Waals surface area contributed by atoms with Crippen LogP contribution in [0.4, 0.5) is 0 Å². The summed E-state index contributed by atoms with van der Waals surface area (Å²) in [5, 5.41) is 0. The Balaban J connectivity index is 1.94.